The normalized spacial score (nSPS) is 13.0. The Hall–Kier alpha value is -1.54. The average molecular weight is 269 g/mol. The van der Waals surface area contributed by atoms with E-state index in [2.05, 4.69) is 85.6 Å². The monoisotopic (exact) mass is 269 g/mol. The maximum atomic E-state index is 3.69. The average Bonchev–Trinajstić information content (AvgIpc) is 2.39. The highest BCUT2D eigenvalue weighted by molar-refractivity contribution is 6.76. The van der Waals surface area contributed by atoms with Gasteiger partial charge in [0, 0.05) is 19.8 Å². The van der Waals surface area contributed by atoms with E-state index < -0.39 is 8.07 Å². The molecule has 2 heteroatoms. The Balaban J connectivity index is 2.20. The smallest absolute Gasteiger partial charge is 0.0490 e. The van der Waals surface area contributed by atoms with E-state index in [1.807, 2.05) is 0 Å². The minimum atomic E-state index is -1.12. The number of anilines is 1. The highest BCUT2D eigenvalue weighted by Gasteiger charge is 2.21. The van der Waals surface area contributed by atoms with Gasteiger partial charge in [-0.05, 0) is 23.7 Å². The third-order valence-electron chi connectivity index (χ3n) is 3.13. The van der Waals surface area contributed by atoms with E-state index in [1.54, 1.807) is 0 Å². The molecule has 0 unspecified atom stereocenters. The molecule has 2 aromatic carbocycles. The molecule has 0 radical (unpaired) electrons. The summed E-state index contributed by atoms with van der Waals surface area (Å²) in [5.74, 6) is 0. The SMILES string of the molecule is C[Si](C)(C)C[C@H](Nc1ccccc1)c1ccccc1. The Morgan fingerprint density at radius 1 is 0.842 bits per heavy atom. The summed E-state index contributed by atoms with van der Waals surface area (Å²) in [6, 6.07) is 22.9. The molecule has 0 aliphatic rings. The zero-order valence-corrected chi connectivity index (χ0v) is 13.1. The van der Waals surface area contributed by atoms with Gasteiger partial charge in [-0.1, -0.05) is 68.2 Å². The summed E-state index contributed by atoms with van der Waals surface area (Å²) in [5, 5.41) is 3.69. The Kier molecular flexibility index (Phi) is 4.43. The van der Waals surface area contributed by atoms with Gasteiger partial charge in [0.1, 0.15) is 0 Å². The van der Waals surface area contributed by atoms with Gasteiger partial charge >= 0.3 is 0 Å². The number of para-hydroxylation sites is 1. The lowest BCUT2D eigenvalue weighted by Crippen LogP contribution is -2.26. The number of benzene rings is 2. The maximum Gasteiger partial charge on any atom is 0.0490 e. The first kappa shape index (κ1) is 13.9. The van der Waals surface area contributed by atoms with Crippen molar-refractivity contribution in [2.45, 2.75) is 31.7 Å². The van der Waals surface area contributed by atoms with Gasteiger partial charge in [0.2, 0.25) is 0 Å². The van der Waals surface area contributed by atoms with Gasteiger partial charge in [-0.3, -0.25) is 0 Å². The second kappa shape index (κ2) is 6.07. The fraction of sp³-hybridized carbons (Fsp3) is 0.294. The van der Waals surface area contributed by atoms with Crippen LogP contribution in [0.15, 0.2) is 60.7 Å². The lowest BCUT2D eigenvalue weighted by Gasteiger charge is -2.27. The molecular formula is C17H23NSi. The van der Waals surface area contributed by atoms with Crippen LogP contribution in [0, 0.1) is 0 Å². The van der Waals surface area contributed by atoms with Crippen molar-refractivity contribution in [1.82, 2.24) is 0 Å². The highest BCUT2D eigenvalue weighted by Crippen LogP contribution is 2.28. The van der Waals surface area contributed by atoms with Crippen LogP contribution in [-0.2, 0) is 0 Å². The molecule has 0 saturated heterocycles. The van der Waals surface area contributed by atoms with Crippen LogP contribution in [-0.4, -0.2) is 8.07 Å². The van der Waals surface area contributed by atoms with Gasteiger partial charge < -0.3 is 5.32 Å². The van der Waals surface area contributed by atoms with Crippen LogP contribution in [0.3, 0.4) is 0 Å². The lowest BCUT2D eigenvalue weighted by molar-refractivity contribution is 0.863. The molecule has 0 spiro atoms. The van der Waals surface area contributed by atoms with Crippen molar-refractivity contribution >= 4 is 13.8 Å². The quantitative estimate of drug-likeness (QED) is 0.738. The molecule has 0 saturated carbocycles. The third kappa shape index (κ3) is 4.56. The number of rotatable bonds is 5. The van der Waals surface area contributed by atoms with Gasteiger partial charge in [-0.15, -0.1) is 0 Å². The fourth-order valence-electron chi connectivity index (χ4n) is 2.29. The molecule has 0 amide bonds. The zero-order chi connectivity index (χ0) is 13.7. The van der Waals surface area contributed by atoms with E-state index >= 15 is 0 Å². The van der Waals surface area contributed by atoms with Crippen molar-refractivity contribution in [1.29, 1.82) is 0 Å². The van der Waals surface area contributed by atoms with Gasteiger partial charge in [0.25, 0.3) is 0 Å². The minimum absolute atomic E-state index is 0.412. The van der Waals surface area contributed by atoms with Crippen molar-refractivity contribution in [2.75, 3.05) is 5.32 Å². The Labute approximate surface area is 117 Å². The maximum absolute atomic E-state index is 3.69. The molecule has 0 aliphatic heterocycles. The van der Waals surface area contributed by atoms with E-state index in [9.17, 15) is 0 Å². The first-order valence-corrected chi connectivity index (χ1v) is 10.6. The molecule has 1 N–H and O–H groups in total. The Morgan fingerprint density at radius 2 is 1.37 bits per heavy atom. The molecule has 0 aromatic heterocycles. The van der Waals surface area contributed by atoms with Crippen LogP contribution in [0.4, 0.5) is 5.69 Å². The molecule has 0 fully saturated rings. The predicted octanol–water partition coefficient (Wildman–Crippen LogP) is 5.18. The van der Waals surface area contributed by atoms with E-state index in [0.717, 1.165) is 0 Å². The van der Waals surface area contributed by atoms with Crippen LogP contribution in [0.25, 0.3) is 0 Å². The van der Waals surface area contributed by atoms with Crippen molar-refractivity contribution in [3.8, 4) is 0 Å². The van der Waals surface area contributed by atoms with Crippen LogP contribution in [0.5, 0.6) is 0 Å². The van der Waals surface area contributed by atoms with Crippen molar-refractivity contribution < 1.29 is 0 Å². The molecule has 0 aliphatic carbocycles. The summed E-state index contributed by atoms with van der Waals surface area (Å²) >= 11 is 0. The molecule has 0 heterocycles. The standard InChI is InChI=1S/C17H23NSi/c1-19(2,3)14-17(15-10-6-4-7-11-15)18-16-12-8-5-9-13-16/h4-13,17-18H,14H2,1-3H3/t17-/m0/s1. The fourth-order valence-corrected chi connectivity index (χ4v) is 3.85. The highest BCUT2D eigenvalue weighted by atomic mass is 28.3. The number of hydrogen-bond acceptors (Lipinski definition) is 1. The summed E-state index contributed by atoms with van der Waals surface area (Å²) in [6.07, 6.45) is 0. The second-order valence-electron chi connectivity index (χ2n) is 6.24. The van der Waals surface area contributed by atoms with Gasteiger partial charge in [-0.25, -0.2) is 0 Å². The minimum Gasteiger partial charge on any atom is -0.379 e. The lowest BCUT2D eigenvalue weighted by atomic mass is 10.1. The summed E-state index contributed by atoms with van der Waals surface area (Å²) in [6.45, 7) is 7.28. The van der Waals surface area contributed by atoms with Crippen molar-refractivity contribution in [3.05, 3.63) is 66.2 Å². The number of hydrogen-bond donors (Lipinski definition) is 1. The molecule has 2 aromatic rings. The zero-order valence-electron chi connectivity index (χ0n) is 12.1. The summed E-state index contributed by atoms with van der Waals surface area (Å²) in [4.78, 5) is 0. The molecule has 2 rings (SSSR count). The van der Waals surface area contributed by atoms with Crippen LogP contribution in [0.1, 0.15) is 11.6 Å². The second-order valence-corrected chi connectivity index (χ2v) is 11.8. The molecule has 19 heavy (non-hydrogen) atoms. The van der Waals surface area contributed by atoms with E-state index in [4.69, 9.17) is 0 Å². The summed E-state index contributed by atoms with van der Waals surface area (Å²) < 4.78 is 0. The van der Waals surface area contributed by atoms with Crippen LogP contribution >= 0.6 is 0 Å². The van der Waals surface area contributed by atoms with Gasteiger partial charge in [-0.2, -0.15) is 0 Å². The molecule has 1 atom stereocenters. The Morgan fingerprint density at radius 3 is 1.89 bits per heavy atom. The van der Waals surface area contributed by atoms with Crippen LogP contribution in [0.2, 0.25) is 25.7 Å². The molecule has 100 valence electrons. The van der Waals surface area contributed by atoms with Gasteiger partial charge in [0.15, 0.2) is 0 Å². The first-order valence-electron chi connectivity index (χ1n) is 6.91. The van der Waals surface area contributed by atoms with E-state index in [1.165, 1.54) is 17.3 Å². The third-order valence-corrected chi connectivity index (χ3v) is 4.77. The Bertz CT molecular complexity index is 488. The van der Waals surface area contributed by atoms with Gasteiger partial charge in [0.05, 0.1) is 0 Å². The summed E-state index contributed by atoms with van der Waals surface area (Å²) in [7, 11) is -1.12. The topological polar surface area (TPSA) is 12.0 Å². The first-order chi connectivity index (χ1) is 9.04. The van der Waals surface area contributed by atoms with Crippen molar-refractivity contribution in [3.63, 3.8) is 0 Å². The number of nitrogens with one attached hydrogen (secondary N) is 1. The largest absolute Gasteiger partial charge is 0.379 e. The summed E-state index contributed by atoms with van der Waals surface area (Å²) in [5.41, 5.74) is 2.59. The molecule has 1 nitrogen and oxygen atoms in total. The molecule has 0 bridgehead atoms. The van der Waals surface area contributed by atoms with Crippen LogP contribution < -0.4 is 5.32 Å². The predicted molar refractivity (Wildman–Crippen MR) is 87.4 cm³/mol. The van der Waals surface area contributed by atoms with E-state index in [0.29, 0.717) is 6.04 Å². The molecular weight excluding hydrogens is 246 g/mol. The van der Waals surface area contributed by atoms with Crippen molar-refractivity contribution in [2.24, 2.45) is 0 Å². The van der Waals surface area contributed by atoms with E-state index in [-0.39, 0.29) is 0 Å².